The molecule has 256 valence electrons. The highest BCUT2D eigenvalue weighted by atomic mass is 35.5. The summed E-state index contributed by atoms with van der Waals surface area (Å²) in [5.41, 5.74) is 2.85. The molecule has 6 rings (SSSR count). The standard InChI is InChI=1S/C36H37ClN4O7S/c1-49(46,47)39-27-12-13-32-29(20-27)31(42)21-33(48-32)35(44)38-30(19-23-8-10-26(37)11-9-23)36(45)40-17-14-24(15-18-40)28-6-3-2-5-25(28)22-41-16-4-7-34(41)43/h2-3,5-6,8-13,20-21,24,30,39H,4,7,14-19,22H2,1H3,(H,38,44)/t30-/m0/s1. The molecule has 0 spiro atoms. The van der Waals surface area contributed by atoms with E-state index < -0.39 is 27.4 Å². The van der Waals surface area contributed by atoms with Crippen LogP contribution >= 0.6 is 11.6 Å². The monoisotopic (exact) mass is 704 g/mol. The minimum absolute atomic E-state index is 0.0914. The summed E-state index contributed by atoms with van der Waals surface area (Å²) in [5.74, 6) is -0.852. The summed E-state index contributed by atoms with van der Waals surface area (Å²) in [4.78, 5) is 56.5. The van der Waals surface area contributed by atoms with Crippen LogP contribution in [0.3, 0.4) is 0 Å². The summed E-state index contributed by atoms with van der Waals surface area (Å²) in [6, 6.07) is 19.5. The van der Waals surface area contributed by atoms with Crippen molar-refractivity contribution in [3.05, 3.63) is 110 Å². The van der Waals surface area contributed by atoms with Gasteiger partial charge in [0.1, 0.15) is 11.6 Å². The second kappa shape index (κ2) is 14.4. The van der Waals surface area contributed by atoms with Crippen LogP contribution in [0, 0.1) is 0 Å². The van der Waals surface area contributed by atoms with Gasteiger partial charge in [-0.1, -0.05) is 48.0 Å². The van der Waals surface area contributed by atoms with Crippen LogP contribution in [0.15, 0.2) is 82.0 Å². The minimum Gasteiger partial charge on any atom is -0.451 e. The highest BCUT2D eigenvalue weighted by Gasteiger charge is 2.32. The van der Waals surface area contributed by atoms with E-state index in [1.165, 1.54) is 23.8 Å². The average molecular weight is 705 g/mol. The Morgan fingerprint density at radius 2 is 1.71 bits per heavy atom. The third-order valence-corrected chi connectivity index (χ3v) is 9.90. The van der Waals surface area contributed by atoms with Crippen molar-refractivity contribution in [2.24, 2.45) is 0 Å². The second-order valence-corrected chi connectivity index (χ2v) is 14.8. The Morgan fingerprint density at radius 1 is 0.980 bits per heavy atom. The SMILES string of the molecule is CS(=O)(=O)Nc1ccc2oc(C(=O)N[C@@H](Cc3ccc(Cl)cc3)C(=O)N3CCC(c4ccccc4CN4CCCC4=O)CC3)cc(=O)c2c1. The van der Waals surface area contributed by atoms with Gasteiger partial charge < -0.3 is 19.5 Å². The number of carbonyl (C=O) groups is 3. The highest BCUT2D eigenvalue weighted by Crippen LogP contribution is 2.32. The normalized spacial score (nSPS) is 16.2. The van der Waals surface area contributed by atoms with Crippen molar-refractivity contribution in [3.63, 3.8) is 0 Å². The lowest BCUT2D eigenvalue weighted by Gasteiger charge is -2.35. The fraction of sp³-hybridized carbons (Fsp3) is 0.333. The van der Waals surface area contributed by atoms with Gasteiger partial charge in [-0.25, -0.2) is 8.42 Å². The maximum atomic E-state index is 14.0. The molecule has 13 heteroatoms. The molecule has 0 bridgehead atoms. The molecule has 0 saturated carbocycles. The van der Waals surface area contributed by atoms with Gasteiger partial charge in [-0.2, -0.15) is 0 Å². The first-order valence-corrected chi connectivity index (χ1v) is 18.5. The van der Waals surface area contributed by atoms with Crippen molar-refractivity contribution in [3.8, 4) is 0 Å². The summed E-state index contributed by atoms with van der Waals surface area (Å²) in [6.07, 6.45) is 4.12. The van der Waals surface area contributed by atoms with Crippen LogP contribution in [0.2, 0.25) is 5.02 Å². The number of sulfonamides is 1. The maximum Gasteiger partial charge on any atom is 0.287 e. The van der Waals surface area contributed by atoms with Gasteiger partial charge >= 0.3 is 0 Å². The Morgan fingerprint density at radius 3 is 2.41 bits per heavy atom. The predicted octanol–water partition coefficient (Wildman–Crippen LogP) is 4.69. The Balaban J connectivity index is 1.18. The number of anilines is 1. The summed E-state index contributed by atoms with van der Waals surface area (Å²) < 4.78 is 31.3. The zero-order chi connectivity index (χ0) is 34.7. The molecule has 49 heavy (non-hydrogen) atoms. The number of benzene rings is 3. The van der Waals surface area contributed by atoms with Crippen LogP contribution in [0.4, 0.5) is 5.69 Å². The Hall–Kier alpha value is -4.68. The molecule has 2 aliphatic heterocycles. The Bertz CT molecular complexity index is 2060. The van der Waals surface area contributed by atoms with Crippen LogP contribution in [-0.4, -0.2) is 67.9 Å². The lowest BCUT2D eigenvalue weighted by atomic mass is 9.86. The van der Waals surface area contributed by atoms with Crippen LogP contribution < -0.4 is 15.5 Å². The minimum atomic E-state index is -3.57. The number of hydrogen-bond donors (Lipinski definition) is 2. The first-order chi connectivity index (χ1) is 23.4. The van der Waals surface area contributed by atoms with E-state index in [4.69, 9.17) is 16.0 Å². The number of nitrogens with one attached hydrogen (secondary N) is 2. The van der Waals surface area contributed by atoms with Gasteiger partial charge in [0.2, 0.25) is 21.8 Å². The molecular weight excluding hydrogens is 668 g/mol. The molecule has 2 fully saturated rings. The fourth-order valence-corrected chi connectivity index (χ4v) is 7.30. The molecule has 2 aliphatic rings. The van der Waals surface area contributed by atoms with E-state index in [9.17, 15) is 27.6 Å². The van der Waals surface area contributed by atoms with E-state index in [-0.39, 0.29) is 46.6 Å². The van der Waals surface area contributed by atoms with Gasteiger partial charge in [-0.05, 0) is 72.2 Å². The molecule has 2 saturated heterocycles. The van der Waals surface area contributed by atoms with E-state index in [1.807, 2.05) is 17.0 Å². The van der Waals surface area contributed by atoms with Crippen LogP contribution in [0.5, 0.6) is 0 Å². The molecule has 0 aliphatic carbocycles. The first-order valence-electron chi connectivity index (χ1n) is 16.2. The van der Waals surface area contributed by atoms with Crippen molar-refractivity contribution < 1.29 is 27.2 Å². The van der Waals surface area contributed by atoms with E-state index in [0.29, 0.717) is 31.1 Å². The molecule has 3 aromatic carbocycles. The number of piperidine rings is 1. The number of fused-ring (bicyclic) bond motifs is 1. The molecule has 0 radical (unpaired) electrons. The Labute approximate surface area is 289 Å². The number of halogens is 1. The van der Waals surface area contributed by atoms with Crippen LogP contribution in [0.1, 0.15) is 58.8 Å². The average Bonchev–Trinajstić information content (AvgIpc) is 3.48. The summed E-state index contributed by atoms with van der Waals surface area (Å²) in [6.45, 7) is 2.34. The van der Waals surface area contributed by atoms with Gasteiger partial charge in [-0.15, -0.1) is 0 Å². The van der Waals surface area contributed by atoms with E-state index in [2.05, 4.69) is 22.2 Å². The van der Waals surface area contributed by atoms with E-state index in [0.717, 1.165) is 49.3 Å². The summed E-state index contributed by atoms with van der Waals surface area (Å²) in [5, 5.41) is 3.43. The van der Waals surface area contributed by atoms with Crippen molar-refractivity contribution >= 4 is 56.0 Å². The molecule has 4 aromatic rings. The van der Waals surface area contributed by atoms with Gasteiger partial charge in [0, 0.05) is 55.8 Å². The number of amides is 3. The molecule has 1 atom stereocenters. The zero-order valence-corrected chi connectivity index (χ0v) is 28.6. The Kier molecular flexibility index (Phi) is 10.1. The predicted molar refractivity (Wildman–Crippen MR) is 187 cm³/mol. The molecule has 3 amide bonds. The van der Waals surface area contributed by atoms with Gasteiger partial charge in [-0.3, -0.25) is 23.9 Å². The van der Waals surface area contributed by atoms with Crippen molar-refractivity contribution in [1.82, 2.24) is 15.1 Å². The first kappa shape index (κ1) is 34.2. The molecule has 1 aromatic heterocycles. The third kappa shape index (κ3) is 8.31. The molecule has 2 N–H and O–H groups in total. The maximum absolute atomic E-state index is 14.0. The molecule has 11 nitrogen and oxygen atoms in total. The number of rotatable bonds is 10. The van der Waals surface area contributed by atoms with Crippen molar-refractivity contribution in [1.29, 1.82) is 0 Å². The molecule has 3 heterocycles. The van der Waals surface area contributed by atoms with Crippen molar-refractivity contribution in [2.75, 3.05) is 30.6 Å². The number of nitrogens with zero attached hydrogens (tertiary/aromatic N) is 2. The summed E-state index contributed by atoms with van der Waals surface area (Å²) >= 11 is 6.09. The third-order valence-electron chi connectivity index (χ3n) is 9.04. The highest BCUT2D eigenvalue weighted by molar-refractivity contribution is 7.92. The van der Waals surface area contributed by atoms with E-state index in [1.54, 1.807) is 29.2 Å². The molecule has 0 unspecified atom stereocenters. The lowest BCUT2D eigenvalue weighted by molar-refractivity contribution is -0.134. The van der Waals surface area contributed by atoms with Gasteiger partial charge in [0.05, 0.1) is 11.6 Å². The van der Waals surface area contributed by atoms with E-state index >= 15 is 0 Å². The van der Waals surface area contributed by atoms with Gasteiger partial charge in [0.25, 0.3) is 5.91 Å². The topological polar surface area (TPSA) is 146 Å². The number of carbonyl (C=O) groups excluding carboxylic acids is 3. The number of hydrogen-bond acceptors (Lipinski definition) is 7. The lowest BCUT2D eigenvalue weighted by Crippen LogP contribution is -2.51. The smallest absolute Gasteiger partial charge is 0.287 e. The fourth-order valence-electron chi connectivity index (χ4n) is 6.62. The molecular formula is C36H37ClN4O7S. The summed E-state index contributed by atoms with van der Waals surface area (Å²) in [7, 11) is -3.57. The van der Waals surface area contributed by atoms with Crippen LogP contribution in [0.25, 0.3) is 11.0 Å². The largest absolute Gasteiger partial charge is 0.451 e. The van der Waals surface area contributed by atoms with Crippen LogP contribution in [-0.2, 0) is 32.6 Å². The number of likely N-dealkylation sites (tertiary alicyclic amines) is 2. The zero-order valence-electron chi connectivity index (χ0n) is 27.0. The van der Waals surface area contributed by atoms with Gasteiger partial charge in [0.15, 0.2) is 11.2 Å². The quantitative estimate of drug-likeness (QED) is 0.244. The second-order valence-electron chi connectivity index (χ2n) is 12.6. The van der Waals surface area contributed by atoms with Crippen molar-refractivity contribution in [2.45, 2.75) is 50.6 Å².